The van der Waals surface area contributed by atoms with Gasteiger partial charge in [-0.05, 0) is 30.0 Å². The molecule has 2 rings (SSSR count). The first-order valence-corrected chi connectivity index (χ1v) is 6.61. The maximum absolute atomic E-state index is 13.0. The van der Waals surface area contributed by atoms with Gasteiger partial charge in [0.2, 0.25) is 0 Å². The molecule has 1 aliphatic heterocycles. The zero-order valence-electron chi connectivity index (χ0n) is 10.2. The maximum Gasteiger partial charge on any atom is 0.159 e. The smallest absolute Gasteiger partial charge is 0.159 e. The maximum atomic E-state index is 13.0. The summed E-state index contributed by atoms with van der Waals surface area (Å²) in [6, 6.07) is 2.66. The van der Waals surface area contributed by atoms with Gasteiger partial charge >= 0.3 is 0 Å². The molecule has 0 spiro atoms. The Hall–Kier alpha value is -0.570. The average Bonchev–Trinajstić information content (AvgIpc) is 2.24. The minimum Gasteiger partial charge on any atom is -0.204 e. The van der Waals surface area contributed by atoms with E-state index in [4.69, 9.17) is 0 Å². The number of hydrogen-bond acceptors (Lipinski definition) is 1. The third-order valence-corrected chi connectivity index (χ3v) is 3.80. The second-order valence-corrected chi connectivity index (χ2v) is 5.35. The number of rotatable bonds is 0. The molecule has 1 aliphatic rings. The van der Waals surface area contributed by atoms with Crippen molar-refractivity contribution in [3.8, 4) is 0 Å². The van der Waals surface area contributed by atoms with E-state index in [9.17, 15) is 8.78 Å². The molecule has 0 fully saturated rings. The van der Waals surface area contributed by atoms with Crippen LogP contribution in [0.15, 0.2) is 17.0 Å². The van der Waals surface area contributed by atoms with Crippen LogP contribution >= 0.6 is 11.8 Å². The summed E-state index contributed by atoms with van der Waals surface area (Å²) < 4.78 is 26.0. The molecule has 1 aromatic rings. The summed E-state index contributed by atoms with van der Waals surface area (Å²) >= 11 is 1.63. The van der Waals surface area contributed by atoms with E-state index in [0.717, 1.165) is 16.9 Å². The van der Waals surface area contributed by atoms with Gasteiger partial charge in [0.15, 0.2) is 11.6 Å². The van der Waals surface area contributed by atoms with Crippen molar-refractivity contribution < 1.29 is 8.78 Å². The minimum absolute atomic E-state index is 0.330. The van der Waals surface area contributed by atoms with E-state index in [1.807, 2.05) is 13.8 Å². The van der Waals surface area contributed by atoms with Crippen molar-refractivity contribution in [1.29, 1.82) is 0 Å². The Morgan fingerprint density at radius 2 is 1.69 bits per heavy atom. The van der Waals surface area contributed by atoms with E-state index < -0.39 is 11.6 Å². The molecule has 90 valence electrons. The van der Waals surface area contributed by atoms with Crippen LogP contribution in [0.3, 0.4) is 0 Å². The van der Waals surface area contributed by atoms with Crippen LogP contribution in [0.1, 0.15) is 45.6 Å². The molecule has 1 heterocycles. The lowest BCUT2D eigenvalue weighted by atomic mass is 9.95. The van der Waals surface area contributed by atoms with Crippen LogP contribution in [0, 0.1) is 11.6 Å². The van der Waals surface area contributed by atoms with Crippen molar-refractivity contribution in [2.24, 2.45) is 0 Å². The molecule has 0 N–H and O–H groups in total. The Morgan fingerprint density at radius 3 is 2.31 bits per heavy atom. The number of hydrogen-bond donors (Lipinski definition) is 0. The van der Waals surface area contributed by atoms with Crippen LogP contribution in [-0.4, -0.2) is 5.25 Å². The molecule has 0 aliphatic carbocycles. The van der Waals surface area contributed by atoms with Crippen molar-refractivity contribution in [3.63, 3.8) is 0 Å². The van der Waals surface area contributed by atoms with Gasteiger partial charge in [-0.2, -0.15) is 0 Å². The molecular formula is C13H18F2S. The second-order valence-electron chi connectivity index (χ2n) is 3.87. The first kappa shape index (κ1) is 13.5. The van der Waals surface area contributed by atoms with Gasteiger partial charge in [-0.1, -0.05) is 27.7 Å². The first-order chi connectivity index (χ1) is 7.58. The quantitative estimate of drug-likeness (QED) is 0.620. The van der Waals surface area contributed by atoms with E-state index in [0.29, 0.717) is 11.2 Å². The second kappa shape index (κ2) is 5.67. The summed E-state index contributed by atoms with van der Waals surface area (Å²) in [5.41, 5.74) is 0.951. The van der Waals surface area contributed by atoms with Gasteiger partial charge in [0.05, 0.1) is 0 Å². The van der Waals surface area contributed by atoms with E-state index in [2.05, 4.69) is 13.8 Å². The van der Waals surface area contributed by atoms with Crippen molar-refractivity contribution in [1.82, 2.24) is 0 Å². The summed E-state index contributed by atoms with van der Waals surface area (Å²) in [5.74, 6) is -1.14. The van der Waals surface area contributed by atoms with Crippen LogP contribution in [0.25, 0.3) is 0 Å². The van der Waals surface area contributed by atoms with Crippen LogP contribution in [-0.2, 0) is 0 Å². The number of thioether (sulfide) groups is 1. The molecular weight excluding hydrogens is 226 g/mol. The highest BCUT2D eigenvalue weighted by atomic mass is 32.2. The molecule has 0 radical (unpaired) electrons. The van der Waals surface area contributed by atoms with E-state index >= 15 is 0 Å². The van der Waals surface area contributed by atoms with Crippen molar-refractivity contribution in [2.45, 2.75) is 50.2 Å². The number of halogens is 2. The van der Waals surface area contributed by atoms with Crippen LogP contribution in [0.2, 0.25) is 0 Å². The molecule has 1 aromatic carbocycles. The summed E-state index contributed by atoms with van der Waals surface area (Å²) in [4.78, 5) is 0.898. The molecule has 0 aromatic heterocycles. The fourth-order valence-corrected chi connectivity index (χ4v) is 3.31. The van der Waals surface area contributed by atoms with E-state index in [-0.39, 0.29) is 0 Å². The summed E-state index contributed by atoms with van der Waals surface area (Å²) in [5, 5.41) is 0.488. The van der Waals surface area contributed by atoms with Gasteiger partial charge < -0.3 is 0 Å². The Bertz CT molecular complexity index is 363. The standard InChI is InChI=1S/C11H12F2S.C2H6/c1-6-3-7(2)14-11-5-10(13)9(12)4-8(6)11;1-2/h4-7H,3H2,1-2H3;1-2H3. The molecule has 0 amide bonds. The predicted molar refractivity (Wildman–Crippen MR) is 66.1 cm³/mol. The molecule has 2 atom stereocenters. The molecule has 0 saturated carbocycles. The highest BCUT2D eigenvalue weighted by Crippen LogP contribution is 2.42. The fraction of sp³-hybridized carbons (Fsp3) is 0.538. The van der Waals surface area contributed by atoms with E-state index in [1.165, 1.54) is 12.1 Å². The van der Waals surface area contributed by atoms with Crippen molar-refractivity contribution >= 4 is 11.8 Å². The lowest BCUT2D eigenvalue weighted by Gasteiger charge is -2.26. The zero-order chi connectivity index (χ0) is 12.3. The highest BCUT2D eigenvalue weighted by Gasteiger charge is 2.23. The Labute approximate surface area is 100 Å². The van der Waals surface area contributed by atoms with Crippen LogP contribution in [0.4, 0.5) is 8.78 Å². The van der Waals surface area contributed by atoms with Crippen molar-refractivity contribution in [3.05, 3.63) is 29.3 Å². The topological polar surface area (TPSA) is 0 Å². The van der Waals surface area contributed by atoms with Crippen LogP contribution < -0.4 is 0 Å². The molecule has 0 bridgehead atoms. The monoisotopic (exact) mass is 244 g/mol. The third kappa shape index (κ3) is 2.76. The molecule has 3 heteroatoms. The van der Waals surface area contributed by atoms with Gasteiger partial charge in [0.25, 0.3) is 0 Å². The molecule has 16 heavy (non-hydrogen) atoms. The first-order valence-electron chi connectivity index (χ1n) is 5.73. The van der Waals surface area contributed by atoms with E-state index in [1.54, 1.807) is 11.8 Å². The van der Waals surface area contributed by atoms with Gasteiger partial charge in [0.1, 0.15) is 0 Å². The largest absolute Gasteiger partial charge is 0.204 e. The molecule has 0 nitrogen and oxygen atoms in total. The lowest BCUT2D eigenvalue weighted by Crippen LogP contribution is -2.11. The number of benzene rings is 1. The third-order valence-electron chi connectivity index (χ3n) is 2.60. The van der Waals surface area contributed by atoms with Gasteiger partial charge in [-0.15, -0.1) is 11.8 Å². The van der Waals surface area contributed by atoms with Gasteiger partial charge in [-0.3, -0.25) is 0 Å². The zero-order valence-corrected chi connectivity index (χ0v) is 11.0. The Kier molecular flexibility index (Phi) is 4.78. The summed E-state index contributed by atoms with van der Waals surface area (Å²) in [7, 11) is 0. The minimum atomic E-state index is -0.738. The summed E-state index contributed by atoms with van der Waals surface area (Å²) in [6.07, 6.45) is 1.03. The van der Waals surface area contributed by atoms with Crippen LogP contribution in [0.5, 0.6) is 0 Å². The Morgan fingerprint density at radius 1 is 1.12 bits per heavy atom. The van der Waals surface area contributed by atoms with Gasteiger partial charge in [0, 0.05) is 10.1 Å². The lowest BCUT2D eigenvalue weighted by molar-refractivity contribution is 0.499. The highest BCUT2D eigenvalue weighted by molar-refractivity contribution is 8.00. The predicted octanol–water partition coefficient (Wildman–Crippen LogP) is 4.98. The Balaban J connectivity index is 0.000000606. The number of fused-ring (bicyclic) bond motifs is 1. The van der Waals surface area contributed by atoms with Crippen molar-refractivity contribution in [2.75, 3.05) is 0 Å². The molecule has 2 unspecified atom stereocenters. The average molecular weight is 244 g/mol. The molecule has 0 saturated heterocycles. The summed E-state index contributed by atoms with van der Waals surface area (Å²) in [6.45, 7) is 8.18. The SMILES string of the molecule is CC.CC1CC(C)c2cc(F)c(F)cc2S1. The fourth-order valence-electron chi connectivity index (χ4n) is 1.92. The van der Waals surface area contributed by atoms with Gasteiger partial charge in [-0.25, -0.2) is 8.78 Å². The normalized spacial score (nSPS) is 23.1.